The van der Waals surface area contributed by atoms with Crippen LogP contribution in [0, 0.1) is 6.92 Å². The molecular weight excluding hydrogens is 299 g/mol. The second-order valence-corrected chi connectivity index (χ2v) is 6.61. The SMILES string of the molecule is CCS(=O)(=O)Oc1cc(C)c2c(c1)B(O)OC2CC(=O)O. The number of aryl methyl sites for hydroxylation is 1. The summed E-state index contributed by atoms with van der Waals surface area (Å²) in [5.74, 6) is -1.15. The number of carboxylic acids is 1. The van der Waals surface area contributed by atoms with Crippen LogP contribution in [0.4, 0.5) is 0 Å². The number of fused-ring (bicyclic) bond motifs is 1. The molecule has 1 unspecified atom stereocenters. The quantitative estimate of drug-likeness (QED) is 0.579. The number of benzene rings is 1. The van der Waals surface area contributed by atoms with Gasteiger partial charge in [0.05, 0.1) is 18.3 Å². The summed E-state index contributed by atoms with van der Waals surface area (Å²) in [5.41, 5.74) is 1.50. The minimum absolute atomic E-state index is 0.0757. The molecule has 0 radical (unpaired) electrons. The van der Waals surface area contributed by atoms with Gasteiger partial charge in [0.15, 0.2) is 0 Å². The van der Waals surface area contributed by atoms with Crippen LogP contribution in [0.5, 0.6) is 5.75 Å². The van der Waals surface area contributed by atoms with Gasteiger partial charge < -0.3 is 19.0 Å². The standard InChI is InChI=1S/C12H15BO7S/c1-3-21(17,18)20-8-4-7(2)12-9(5-8)13(16)19-10(12)6-11(14)15/h4-5,10,16H,3,6H2,1-2H3,(H,14,15). The van der Waals surface area contributed by atoms with Crippen LogP contribution < -0.4 is 9.65 Å². The van der Waals surface area contributed by atoms with E-state index in [1.165, 1.54) is 19.1 Å². The van der Waals surface area contributed by atoms with E-state index in [-0.39, 0.29) is 17.9 Å². The second-order valence-electron chi connectivity index (χ2n) is 4.75. The van der Waals surface area contributed by atoms with E-state index < -0.39 is 29.3 Å². The molecule has 1 aromatic rings. The van der Waals surface area contributed by atoms with Crippen molar-refractivity contribution in [3.05, 3.63) is 23.3 Å². The van der Waals surface area contributed by atoms with Crippen molar-refractivity contribution in [1.29, 1.82) is 0 Å². The van der Waals surface area contributed by atoms with Crippen molar-refractivity contribution >= 4 is 28.7 Å². The number of rotatable bonds is 5. The summed E-state index contributed by atoms with van der Waals surface area (Å²) in [7, 11) is -4.97. The van der Waals surface area contributed by atoms with Gasteiger partial charge in [-0.2, -0.15) is 8.42 Å². The molecule has 1 heterocycles. The summed E-state index contributed by atoms with van der Waals surface area (Å²) in [6.07, 6.45) is -1.04. The van der Waals surface area contributed by atoms with E-state index in [1.54, 1.807) is 6.92 Å². The molecule has 1 aromatic carbocycles. The summed E-state index contributed by atoms with van der Waals surface area (Å²) in [6.45, 7) is 3.14. The maximum absolute atomic E-state index is 11.5. The van der Waals surface area contributed by atoms with Gasteiger partial charge in [-0.1, -0.05) is 0 Å². The fraction of sp³-hybridized carbons (Fsp3) is 0.417. The number of hydrogen-bond donors (Lipinski definition) is 2. The third kappa shape index (κ3) is 3.37. The lowest BCUT2D eigenvalue weighted by atomic mass is 9.77. The maximum Gasteiger partial charge on any atom is 0.492 e. The molecule has 7 nitrogen and oxygen atoms in total. The van der Waals surface area contributed by atoms with Crippen molar-refractivity contribution in [2.75, 3.05) is 5.75 Å². The first-order valence-corrected chi connectivity index (χ1v) is 7.93. The monoisotopic (exact) mass is 314 g/mol. The number of carbonyl (C=O) groups is 1. The summed E-state index contributed by atoms with van der Waals surface area (Å²) in [4.78, 5) is 10.8. The fourth-order valence-corrected chi connectivity index (χ4v) is 2.80. The Balaban J connectivity index is 2.40. The van der Waals surface area contributed by atoms with Crippen molar-refractivity contribution in [1.82, 2.24) is 0 Å². The summed E-state index contributed by atoms with van der Waals surface area (Å²) in [6, 6.07) is 2.85. The van der Waals surface area contributed by atoms with Crippen molar-refractivity contribution < 1.29 is 32.2 Å². The largest absolute Gasteiger partial charge is 0.492 e. The number of aliphatic carboxylic acids is 1. The summed E-state index contributed by atoms with van der Waals surface area (Å²) in [5, 5.41) is 18.7. The smallest absolute Gasteiger partial charge is 0.481 e. The van der Waals surface area contributed by atoms with Crippen molar-refractivity contribution in [2.24, 2.45) is 0 Å². The second kappa shape index (κ2) is 5.66. The molecule has 0 fully saturated rings. The first-order chi connectivity index (χ1) is 9.73. The predicted octanol–water partition coefficient (Wildman–Crippen LogP) is -0.0430. The Hall–Kier alpha value is -1.58. The molecule has 0 bridgehead atoms. The molecule has 0 spiro atoms. The van der Waals surface area contributed by atoms with Gasteiger partial charge >= 0.3 is 23.2 Å². The zero-order chi connectivity index (χ0) is 15.8. The zero-order valence-corrected chi connectivity index (χ0v) is 12.4. The minimum atomic E-state index is -3.67. The maximum atomic E-state index is 11.5. The molecule has 2 N–H and O–H groups in total. The van der Waals surface area contributed by atoms with Gasteiger partial charge in [0, 0.05) is 0 Å². The van der Waals surface area contributed by atoms with Crippen LogP contribution in [0.25, 0.3) is 0 Å². The van der Waals surface area contributed by atoms with E-state index in [1.807, 2.05) is 0 Å². The van der Waals surface area contributed by atoms with Crippen molar-refractivity contribution in [3.63, 3.8) is 0 Å². The molecule has 21 heavy (non-hydrogen) atoms. The number of hydrogen-bond acceptors (Lipinski definition) is 6. The summed E-state index contributed by atoms with van der Waals surface area (Å²) >= 11 is 0. The van der Waals surface area contributed by atoms with E-state index in [2.05, 4.69) is 0 Å². The van der Waals surface area contributed by atoms with Crippen LogP contribution in [-0.2, 0) is 19.6 Å². The highest BCUT2D eigenvalue weighted by atomic mass is 32.2. The molecule has 0 saturated carbocycles. The average Bonchev–Trinajstić information content (AvgIpc) is 2.65. The first kappa shape index (κ1) is 15.8. The van der Waals surface area contributed by atoms with Gasteiger partial charge in [0.2, 0.25) is 0 Å². The molecular formula is C12H15BO7S. The lowest BCUT2D eigenvalue weighted by Gasteiger charge is -2.13. The molecule has 2 rings (SSSR count). The molecule has 114 valence electrons. The van der Waals surface area contributed by atoms with E-state index in [9.17, 15) is 18.2 Å². The van der Waals surface area contributed by atoms with Gasteiger partial charge in [0.25, 0.3) is 0 Å². The molecule has 0 aromatic heterocycles. The lowest BCUT2D eigenvalue weighted by Crippen LogP contribution is -2.28. The molecule has 1 aliphatic heterocycles. The number of carboxylic acid groups (broad SMARTS) is 1. The van der Waals surface area contributed by atoms with Gasteiger partial charge in [0.1, 0.15) is 5.75 Å². The highest BCUT2D eigenvalue weighted by Crippen LogP contribution is 2.32. The highest BCUT2D eigenvalue weighted by molar-refractivity contribution is 7.87. The van der Waals surface area contributed by atoms with Gasteiger partial charge in [-0.05, 0) is 42.6 Å². The molecule has 0 amide bonds. The minimum Gasteiger partial charge on any atom is -0.481 e. The van der Waals surface area contributed by atoms with Gasteiger partial charge in [-0.3, -0.25) is 4.79 Å². The Morgan fingerprint density at radius 1 is 1.48 bits per heavy atom. The van der Waals surface area contributed by atoms with Crippen LogP contribution in [0.3, 0.4) is 0 Å². The topological polar surface area (TPSA) is 110 Å². The van der Waals surface area contributed by atoms with E-state index in [0.717, 1.165) is 0 Å². The molecule has 0 aliphatic carbocycles. The van der Waals surface area contributed by atoms with Crippen molar-refractivity contribution in [3.8, 4) is 5.75 Å². The normalized spacial score (nSPS) is 17.7. The molecule has 1 aliphatic rings. The molecule has 9 heteroatoms. The van der Waals surface area contributed by atoms with Crippen LogP contribution in [0.1, 0.15) is 30.6 Å². The van der Waals surface area contributed by atoms with Gasteiger partial charge in [-0.15, -0.1) is 0 Å². The third-order valence-electron chi connectivity index (χ3n) is 3.21. The van der Waals surface area contributed by atoms with E-state index in [4.69, 9.17) is 13.9 Å². The molecule has 0 saturated heterocycles. The Morgan fingerprint density at radius 2 is 2.14 bits per heavy atom. The van der Waals surface area contributed by atoms with Crippen LogP contribution in [-0.4, -0.2) is 37.4 Å². The third-order valence-corrected chi connectivity index (χ3v) is 4.36. The Labute approximate surface area is 122 Å². The zero-order valence-electron chi connectivity index (χ0n) is 11.6. The summed E-state index contributed by atoms with van der Waals surface area (Å²) < 4.78 is 33.1. The van der Waals surface area contributed by atoms with Crippen LogP contribution in [0.15, 0.2) is 12.1 Å². The van der Waals surface area contributed by atoms with Crippen LogP contribution in [0.2, 0.25) is 0 Å². The van der Waals surface area contributed by atoms with Gasteiger partial charge in [-0.25, -0.2) is 0 Å². The lowest BCUT2D eigenvalue weighted by molar-refractivity contribution is -0.138. The van der Waals surface area contributed by atoms with E-state index in [0.29, 0.717) is 16.6 Å². The average molecular weight is 314 g/mol. The Kier molecular flexibility index (Phi) is 4.26. The first-order valence-electron chi connectivity index (χ1n) is 6.35. The Morgan fingerprint density at radius 3 is 2.71 bits per heavy atom. The van der Waals surface area contributed by atoms with Crippen LogP contribution >= 0.6 is 0 Å². The fourth-order valence-electron chi connectivity index (χ4n) is 2.29. The Bertz CT molecular complexity index is 670. The molecule has 1 atom stereocenters. The van der Waals surface area contributed by atoms with E-state index >= 15 is 0 Å². The van der Waals surface area contributed by atoms with Crippen molar-refractivity contribution in [2.45, 2.75) is 26.4 Å². The predicted molar refractivity (Wildman–Crippen MR) is 75.0 cm³/mol. The highest BCUT2D eigenvalue weighted by Gasteiger charge is 2.38.